The molecule has 0 radical (unpaired) electrons. The van der Waals surface area contributed by atoms with Gasteiger partial charge in [0.25, 0.3) is 11.8 Å². The highest BCUT2D eigenvalue weighted by Crippen LogP contribution is 2.18. The van der Waals surface area contributed by atoms with Crippen molar-refractivity contribution in [3.63, 3.8) is 0 Å². The normalized spacial score (nSPS) is 10.2. The number of hydrogen-bond donors (Lipinski definition) is 2. The van der Waals surface area contributed by atoms with Crippen LogP contribution in [0.25, 0.3) is 0 Å². The zero-order valence-corrected chi connectivity index (χ0v) is 17.2. The maximum Gasteiger partial charge on any atom is 0.262 e. The Balaban J connectivity index is 1.57. The Bertz CT molecular complexity index is 944. The van der Waals surface area contributed by atoms with Gasteiger partial charge in [0.2, 0.25) is 0 Å². The lowest BCUT2D eigenvalue weighted by Gasteiger charge is -2.12. The van der Waals surface area contributed by atoms with Crippen molar-refractivity contribution in [2.75, 3.05) is 11.9 Å². The minimum Gasteiger partial charge on any atom is -0.483 e. The number of carbonyl (C=O) groups excluding carboxylic acids is 2. The average Bonchev–Trinajstić information content (AvgIpc) is 2.73. The SMILES string of the molecule is O=C(COc1ccccc1C(=O)NCc1ccccc1)Nc1ccc(I)cc1. The van der Waals surface area contributed by atoms with E-state index in [1.807, 2.05) is 54.6 Å². The first-order valence-electron chi connectivity index (χ1n) is 8.71. The van der Waals surface area contributed by atoms with Gasteiger partial charge < -0.3 is 15.4 Å². The number of halogens is 1. The molecule has 0 aliphatic rings. The summed E-state index contributed by atoms with van der Waals surface area (Å²) in [5.74, 6) is -0.177. The Morgan fingerprint density at radius 3 is 2.29 bits per heavy atom. The number of benzene rings is 3. The third-order valence-electron chi connectivity index (χ3n) is 3.91. The summed E-state index contributed by atoms with van der Waals surface area (Å²) in [5, 5.41) is 5.64. The second kappa shape index (κ2) is 9.89. The van der Waals surface area contributed by atoms with Crippen molar-refractivity contribution in [1.29, 1.82) is 0 Å². The first-order chi connectivity index (χ1) is 13.6. The van der Waals surface area contributed by atoms with E-state index in [4.69, 9.17) is 4.74 Å². The molecule has 28 heavy (non-hydrogen) atoms. The first-order valence-corrected chi connectivity index (χ1v) is 9.79. The summed E-state index contributed by atoms with van der Waals surface area (Å²) < 4.78 is 6.68. The van der Waals surface area contributed by atoms with Gasteiger partial charge in [-0.2, -0.15) is 0 Å². The number of ether oxygens (including phenoxy) is 1. The molecule has 0 aromatic heterocycles. The topological polar surface area (TPSA) is 67.4 Å². The molecule has 5 nitrogen and oxygen atoms in total. The quantitative estimate of drug-likeness (QED) is 0.492. The van der Waals surface area contributed by atoms with E-state index < -0.39 is 0 Å². The van der Waals surface area contributed by atoms with Crippen LogP contribution in [0.2, 0.25) is 0 Å². The molecule has 0 spiro atoms. The van der Waals surface area contributed by atoms with Gasteiger partial charge in [0.05, 0.1) is 5.56 Å². The number of nitrogens with one attached hydrogen (secondary N) is 2. The minimum atomic E-state index is -0.291. The molecule has 2 amide bonds. The fourth-order valence-corrected chi connectivity index (χ4v) is 2.89. The van der Waals surface area contributed by atoms with Crippen LogP contribution in [-0.4, -0.2) is 18.4 Å². The van der Waals surface area contributed by atoms with Crippen molar-refractivity contribution in [2.24, 2.45) is 0 Å². The van der Waals surface area contributed by atoms with E-state index in [1.165, 1.54) is 0 Å². The number of amides is 2. The van der Waals surface area contributed by atoms with Crippen molar-refractivity contribution in [1.82, 2.24) is 5.32 Å². The summed E-state index contributed by atoms with van der Waals surface area (Å²) in [6.07, 6.45) is 0. The number of para-hydroxylation sites is 1. The summed E-state index contributed by atoms with van der Waals surface area (Å²) in [6.45, 7) is 0.232. The van der Waals surface area contributed by atoms with E-state index in [2.05, 4.69) is 33.2 Å². The maximum atomic E-state index is 12.5. The number of hydrogen-bond acceptors (Lipinski definition) is 3. The zero-order valence-electron chi connectivity index (χ0n) is 15.0. The van der Waals surface area contributed by atoms with Gasteiger partial charge in [0.1, 0.15) is 5.75 Å². The molecule has 6 heteroatoms. The van der Waals surface area contributed by atoms with E-state index in [0.717, 1.165) is 9.13 Å². The maximum absolute atomic E-state index is 12.5. The highest BCUT2D eigenvalue weighted by molar-refractivity contribution is 14.1. The van der Waals surface area contributed by atoms with Crippen LogP contribution in [0.1, 0.15) is 15.9 Å². The van der Waals surface area contributed by atoms with Gasteiger partial charge in [-0.25, -0.2) is 0 Å². The summed E-state index contributed by atoms with van der Waals surface area (Å²) in [5.41, 5.74) is 2.09. The first kappa shape index (κ1) is 19.9. The van der Waals surface area contributed by atoms with Crippen LogP contribution in [0.3, 0.4) is 0 Å². The Kier molecular flexibility index (Phi) is 7.02. The molecular weight excluding hydrogens is 467 g/mol. The van der Waals surface area contributed by atoms with Crippen molar-refractivity contribution in [3.8, 4) is 5.75 Å². The lowest BCUT2D eigenvalue weighted by Crippen LogP contribution is -2.25. The molecular formula is C22H19IN2O3. The van der Waals surface area contributed by atoms with Crippen molar-refractivity contribution < 1.29 is 14.3 Å². The van der Waals surface area contributed by atoms with Crippen LogP contribution in [0.4, 0.5) is 5.69 Å². The Morgan fingerprint density at radius 2 is 1.54 bits per heavy atom. The monoisotopic (exact) mass is 486 g/mol. The van der Waals surface area contributed by atoms with Gasteiger partial charge in [0, 0.05) is 15.8 Å². The summed E-state index contributed by atoms with van der Waals surface area (Å²) in [7, 11) is 0. The average molecular weight is 486 g/mol. The van der Waals surface area contributed by atoms with E-state index in [0.29, 0.717) is 23.5 Å². The molecule has 142 valence electrons. The van der Waals surface area contributed by atoms with Crippen molar-refractivity contribution in [2.45, 2.75) is 6.54 Å². The zero-order chi connectivity index (χ0) is 19.8. The van der Waals surface area contributed by atoms with Crippen molar-refractivity contribution in [3.05, 3.63) is 93.6 Å². The minimum absolute atomic E-state index is 0.186. The molecule has 0 fully saturated rings. The Morgan fingerprint density at radius 1 is 0.857 bits per heavy atom. The molecule has 0 aliphatic heterocycles. The lowest BCUT2D eigenvalue weighted by molar-refractivity contribution is -0.118. The third-order valence-corrected chi connectivity index (χ3v) is 4.63. The van der Waals surface area contributed by atoms with Crippen LogP contribution >= 0.6 is 22.6 Å². The van der Waals surface area contributed by atoms with Gasteiger partial charge in [0.15, 0.2) is 6.61 Å². The van der Waals surface area contributed by atoms with Gasteiger partial charge in [-0.05, 0) is 64.6 Å². The molecule has 0 heterocycles. The second-order valence-corrected chi connectivity index (χ2v) is 7.25. The largest absolute Gasteiger partial charge is 0.483 e. The van der Waals surface area contributed by atoms with Gasteiger partial charge >= 0.3 is 0 Å². The molecule has 0 saturated carbocycles. The molecule has 0 atom stereocenters. The molecule has 0 bridgehead atoms. The van der Waals surface area contributed by atoms with Crippen LogP contribution in [0.15, 0.2) is 78.9 Å². The Hall–Kier alpha value is -2.87. The van der Waals surface area contributed by atoms with Crippen LogP contribution < -0.4 is 15.4 Å². The highest BCUT2D eigenvalue weighted by atomic mass is 127. The molecule has 3 aromatic rings. The molecule has 0 unspecified atom stereocenters. The second-order valence-electron chi connectivity index (χ2n) is 6.01. The van der Waals surface area contributed by atoms with Crippen molar-refractivity contribution >= 4 is 40.1 Å². The fourth-order valence-electron chi connectivity index (χ4n) is 2.53. The smallest absolute Gasteiger partial charge is 0.262 e. The Labute approximate surface area is 177 Å². The summed E-state index contributed by atoms with van der Waals surface area (Å²) >= 11 is 2.20. The van der Waals surface area contributed by atoms with Gasteiger partial charge in [-0.1, -0.05) is 42.5 Å². The predicted octanol–water partition coefficient (Wildman–Crippen LogP) is 4.24. The summed E-state index contributed by atoms with van der Waals surface area (Å²) in [6, 6.07) is 24.0. The lowest BCUT2D eigenvalue weighted by atomic mass is 10.1. The van der Waals surface area contributed by atoms with E-state index in [-0.39, 0.29) is 18.4 Å². The molecule has 3 rings (SSSR count). The molecule has 2 N–H and O–H groups in total. The van der Waals surface area contributed by atoms with Gasteiger partial charge in [-0.15, -0.1) is 0 Å². The van der Waals surface area contributed by atoms with Gasteiger partial charge in [-0.3, -0.25) is 9.59 Å². The highest BCUT2D eigenvalue weighted by Gasteiger charge is 2.13. The predicted molar refractivity (Wildman–Crippen MR) is 117 cm³/mol. The molecule has 0 aliphatic carbocycles. The van der Waals surface area contributed by atoms with E-state index >= 15 is 0 Å². The summed E-state index contributed by atoms with van der Waals surface area (Å²) in [4.78, 5) is 24.6. The molecule has 0 saturated heterocycles. The van der Waals surface area contributed by atoms with Crippen LogP contribution in [-0.2, 0) is 11.3 Å². The number of anilines is 1. The van der Waals surface area contributed by atoms with E-state index in [1.54, 1.807) is 24.3 Å². The van der Waals surface area contributed by atoms with E-state index in [9.17, 15) is 9.59 Å². The van der Waals surface area contributed by atoms with Crippen LogP contribution in [0, 0.1) is 3.57 Å². The van der Waals surface area contributed by atoms with Crippen LogP contribution in [0.5, 0.6) is 5.75 Å². The number of rotatable bonds is 7. The third kappa shape index (κ3) is 5.82. The molecule has 3 aromatic carbocycles. The number of carbonyl (C=O) groups is 2. The fraction of sp³-hybridized carbons (Fsp3) is 0.0909. The standard InChI is InChI=1S/C22H19IN2O3/c23-17-10-12-18(13-11-17)25-21(26)15-28-20-9-5-4-8-19(20)22(27)24-14-16-6-2-1-3-7-16/h1-13H,14-15H2,(H,24,27)(H,25,26).